The molecule has 5 nitrogen and oxygen atoms in total. The highest BCUT2D eigenvalue weighted by Gasteiger charge is 2.13. The molecule has 0 aliphatic carbocycles. The van der Waals surface area contributed by atoms with Crippen molar-refractivity contribution in [2.75, 3.05) is 0 Å². The Kier molecular flexibility index (Phi) is 5.43. The molecule has 0 aliphatic rings. The lowest BCUT2D eigenvalue weighted by Crippen LogP contribution is -2.09. The lowest BCUT2D eigenvalue weighted by atomic mass is 9.99. The molecule has 5 heteroatoms. The van der Waals surface area contributed by atoms with Gasteiger partial charge in [-0.25, -0.2) is 9.97 Å². The van der Waals surface area contributed by atoms with Crippen molar-refractivity contribution >= 4 is 5.78 Å². The van der Waals surface area contributed by atoms with Gasteiger partial charge < -0.3 is 8.98 Å². The van der Waals surface area contributed by atoms with Gasteiger partial charge >= 0.3 is 0 Å². The molecule has 0 fully saturated rings. The molecule has 0 unspecified atom stereocenters. The molecular weight excluding hydrogens is 350 g/mol. The maximum absolute atomic E-state index is 12.7. The molecule has 4 rings (SSSR count). The van der Waals surface area contributed by atoms with Crippen molar-refractivity contribution in [3.05, 3.63) is 96.6 Å². The number of nitrogens with zero attached hydrogens (tertiary/aromatic N) is 3. The summed E-state index contributed by atoms with van der Waals surface area (Å²) in [6.45, 7) is 0.650. The van der Waals surface area contributed by atoms with E-state index in [4.69, 9.17) is 4.42 Å². The second kappa shape index (κ2) is 8.48. The van der Waals surface area contributed by atoms with Crippen molar-refractivity contribution in [2.45, 2.75) is 25.8 Å². The van der Waals surface area contributed by atoms with E-state index < -0.39 is 0 Å². The number of ketones is 1. The third-order valence-corrected chi connectivity index (χ3v) is 4.77. The van der Waals surface area contributed by atoms with Crippen LogP contribution in [0.1, 0.15) is 34.5 Å². The summed E-state index contributed by atoms with van der Waals surface area (Å²) in [5, 5.41) is 0. The molecule has 0 amide bonds. The normalized spacial score (nSPS) is 10.9. The first-order valence-electron chi connectivity index (χ1n) is 9.35. The van der Waals surface area contributed by atoms with Crippen LogP contribution in [0.3, 0.4) is 0 Å². The van der Waals surface area contributed by atoms with E-state index in [9.17, 15) is 4.79 Å². The summed E-state index contributed by atoms with van der Waals surface area (Å²) in [7, 11) is 0. The molecular formula is C23H21N3O2. The second-order valence-corrected chi connectivity index (χ2v) is 6.70. The molecule has 0 saturated carbocycles. The molecule has 28 heavy (non-hydrogen) atoms. The lowest BCUT2D eigenvalue weighted by molar-refractivity contribution is 0.0971. The fourth-order valence-electron chi connectivity index (χ4n) is 3.36. The van der Waals surface area contributed by atoms with Crippen LogP contribution in [0.4, 0.5) is 0 Å². The van der Waals surface area contributed by atoms with Crippen LogP contribution in [0, 0.1) is 0 Å². The summed E-state index contributed by atoms with van der Waals surface area (Å²) >= 11 is 0. The van der Waals surface area contributed by atoms with E-state index in [1.807, 2.05) is 41.0 Å². The van der Waals surface area contributed by atoms with Gasteiger partial charge in [-0.05, 0) is 24.0 Å². The zero-order chi connectivity index (χ0) is 19.2. The number of imidazole rings is 1. The number of aryl methyl sites for hydroxylation is 1. The third kappa shape index (κ3) is 4.09. The number of hydrogen-bond acceptors (Lipinski definition) is 4. The fourth-order valence-corrected chi connectivity index (χ4v) is 3.36. The molecule has 0 aliphatic heterocycles. The minimum absolute atomic E-state index is 0.118. The molecule has 2 heterocycles. The SMILES string of the molecule is O=C(CCCc1ccccc1-c1cocn1)c1cncn1Cc1ccccc1. The van der Waals surface area contributed by atoms with Crippen molar-refractivity contribution in [2.24, 2.45) is 0 Å². The van der Waals surface area contributed by atoms with Crippen LogP contribution in [0.25, 0.3) is 11.3 Å². The number of benzene rings is 2. The van der Waals surface area contributed by atoms with Crippen LogP contribution in [0.15, 0.2) is 84.2 Å². The van der Waals surface area contributed by atoms with Gasteiger partial charge in [0.1, 0.15) is 17.7 Å². The van der Waals surface area contributed by atoms with Crippen molar-refractivity contribution in [1.82, 2.24) is 14.5 Å². The smallest absolute Gasteiger partial charge is 0.181 e. The highest BCUT2D eigenvalue weighted by molar-refractivity contribution is 5.94. The molecule has 0 bridgehead atoms. The Morgan fingerprint density at radius 2 is 1.86 bits per heavy atom. The molecule has 2 aromatic carbocycles. The number of hydrogen-bond donors (Lipinski definition) is 0. The van der Waals surface area contributed by atoms with E-state index in [2.05, 4.69) is 28.2 Å². The number of carbonyl (C=O) groups is 1. The van der Waals surface area contributed by atoms with Gasteiger partial charge in [0.15, 0.2) is 12.2 Å². The first-order chi connectivity index (χ1) is 13.8. The predicted molar refractivity (Wildman–Crippen MR) is 107 cm³/mol. The average molecular weight is 371 g/mol. The molecule has 2 aromatic heterocycles. The van der Waals surface area contributed by atoms with Gasteiger partial charge in [-0.2, -0.15) is 0 Å². The van der Waals surface area contributed by atoms with Gasteiger partial charge in [0.05, 0.1) is 12.5 Å². The summed E-state index contributed by atoms with van der Waals surface area (Å²) in [6, 6.07) is 18.2. The van der Waals surface area contributed by atoms with Crippen LogP contribution >= 0.6 is 0 Å². The van der Waals surface area contributed by atoms with E-state index in [0.717, 1.165) is 29.7 Å². The first-order valence-corrected chi connectivity index (χ1v) is 9.35. The average Bonchev–Trinajstić information content (AvgIpc) is 3.41. The zero-order valence-electron chi connectivity index (χ0n) is 15.5. The number of carbonyl (C=O) groups excluding carboxylic acids is 1. The summed E-state index contributed by atoms with van der Waals surface area (Å²) in [5.41, 5.74) is 4.85. The van der Waals surface area contributed by atoms with E-state index in [1.165, 1.54) is 12.0 Å². The van der Waals surface area contributed by atoms with Crippen LogP contribution < -0.4 is 0 Å². The quantitative estimate of drug-likeness (QED) is 0.418. The number of aromatic nitrogens is 3. The maximum atomic E-state index is 12.7. The summed E-state index contributed by atoms with van der Waals surface area (Å²) in [5.74, 6) is 0.118. The molecule has 0 saturated heterocycles. The third-order valence-electron chi connectivity index (χ3n) is 4.77. The molecule has 0 spiro atoms. The number of rotatable bonds is 8. The Bertz CT molecular complexity index is 1040. The van der Waals surface area contributed by atoms with Gasteiger partial charge in [-0.1, -0.05) is 54.6 Å². The number of Topliss-reactive ketones (excluding diaryl/α,β-unsaturated/α-hetero) is 1. The van der Waals surface area contributed by atoms with Crippen LogP contribution in [0.5, 0.6) is 0 Å². The van der Waals surface area contributed by atoms with Crippen molar-refractivity contribution in [3.8, 4) is 11.3 Å². The molecule has 140 valence electrons. The van der Waals surface area contributed by atoms with E-state index in [0.29, 0.717) is 18.7 Å². The minimum Gasteiger partial charge on any atom is -0.451 e. The summed E-state index contributed by atoms with van der Waals surface area (Å²) in [4.78, 5) is 21.1. The monoisotopic (exact) mass is 371 g/mol. The Hall–Kier alpha value is -3.47. The Labute approximate surface area is 163 Å². The second-order valence-electron chi connectivity index (χ2n) is 6.70. The van der Waals surface area contributed by atoms with Gasteiger partial charge in [0.2, 0.25) is 0 Å². The van der Waals surface area contributed by atoms with E-state index in [1.54, 1.807) is 18.8 Å². The summed E-state index contributed by atoms with van der Waals surface area (Å²) < 4.78 is 7.02. The van der Waals surface area contributed by atoms with Gasteiger partial charge in [-0.3, -0.25) is 4.79 Å². The molecule has 4 aromatic rings. The van der Waals surface area contributed by atoms with Gasteiger partial charge in [0, 0.05) is 18.5 Å². The predicted octanol–water partition coefficient (Wildman–Crippen LogP) is 4.79. The Morgan fingerprint density at radius 1 is 1.04 bits per heavy atom. The summed E-state index contributed by atoms with van der Waals surface area (Å²) in [6.07, 6.45) is 8.52. The highest BCUT2D eigenvalue weighted by Crippen LogP contribution is 2.23. The van der Waals surface area contributed by atoms with Crippen molar-refractivity contribution in [1.29, 1.82) is 0 Å². The Balaban J connectivity index is 1.39. The standard InChI is InChI=1S/C23H21N3O2/c27-23(22-13-24-16-26(22)14-18-7-2-1-3-8-18)12-6-10-19-9-4-5-11-20(19)21-15-28-17-25-21/h1-5,7-9,11,13,15-17H,6,10,12,14H2. The van der Waals surface area contributed by atoms with Crippen LogP contribution in [-0.2, 0) is 13.0 Å². The number of oxazole rings is 1. The zero-order valence-corrected chi connectivity index (χ0v) is 15.5. The lowest BCUT2D eigenvalue weighted by Gasteiger charge is -2.09. The van der Waals surface area contributed by atoms with Gasteiger partial charge in [0.25, 0.3) is 0 Å². The highest BCUT2D eigenvalue weighted by atomic mass is 16.3. The molecule has 0 radical (unpaired) electrons. The molecule has 0 atom stereocenters. The van der Waals surface area contributed by atoms with Crippen LogP contribution in [0.2, 0.25) is 0 Å². The van der Waals surface area contributed by atoms with E-state index in [-0.39, 0.29) is 5.78 Å². The van der Waals surface area contributed by atoms with E-state index >= 15 is 0 Å². The molecule has 0 N–H and O–H groups in total. The maximum Gasteiger partial charge on any atom is 0.181 e. The van der Waals surface area contributed by atoms with Crippen molar-refractivity contribution in [3.63, 3.8) is 0 Å². The minimum atomic E-state index is 0.118. The topological polar surface area (TPSA) is 60.9 Å². The largest absolute Gasteiger partial charge is 0.451 e. The fraction of sp³-hybridized carbons (Fsp3) is 0.174. The van der Waals surface area contributed by atoms with Crippen molar-refractivity contribution < 1.29 is 9.21 Å². The first kappa shape index (κ1) is 17.9. The Morgan fingerprint density at radius 3 is 2.68 bits per heavy atom. The van der Waals surface area contributed by atoms with Gasteiger partial charge in [-0.15, -0.1) is 0 Å². The van der Waals surface area contributed by atoms with Crippen LogP contribution in [-0.4, -0.2) is 20.3 Å².